The summed E-state index contributed by atoms with van der Waals surface area (Å²) in [5, 5.41) is 9.32. The summed E-state index contributed by atoms with van der Waals surface area (Å²) in [7, 11) is 1.98. The van der Waals surface area contributed by atoms with Crippen LogP contribution in [0.4, 0.5) is 0 Å². The molecule has 0 aromatic carbocycles. The van der Waals surface area contributed by atoms with E-state index in [2.05, 4.69) is 4.90 Å². The molecule has 1 saturated heterocycles. The Hall–Kier alpha value is -0.610. The van der Waals surface area contributed by atoms with Crippen LogP contribution in [0.25, 0.3) is 0 Å². The number of carboxylic acid groups (broad SMARTS) is 1. The number of carboxylic acids is 1. The SMILES string of the molecule is CCCC(C)(CN(C)CC1CCCO1)C(=O)O. The molecule has 0 saturated carbocycles. The van der Waals surface area contributed by atoms with Gasteiger partial charge in [0.05, 0.1) is 11.5 Å². The highest BCUT2D eigenvalue weighted by Gasteiger charge is 2.34. The molecule has 1 heterocycles. The number of aliphatic carboxylic acids is 1. The molecule has 1 aliphatic heterocycles. The Morgan fingerprint density at radius 2 is 2.29 bits per heavy atom. The highest BCUT2D eigenvalue weighted by atomic mass is 16.5. The maximum atomic E-state index is 11.3. The van der Waals surface area contributed by atoms with Gasteiger partial charge >= 0.3 is 5.97 Å². The van der Waals surface area contributed by atoms with Crippen molar-refractivity contribution in [3.63, 3.8) is 0 Å². The van der Waals surface area contributed by atoms with Crippen molar-refractivity contribution in [3.8, 4) is 0 Å². The lowest BCUT2D eigenvalue weighted by atomic mass is 9.85. The van der Waals surface area contributed by atoms with Gasteiger partial charge in [-0.3, -0.25) is 4.79 Å². The standard InChI is InChI=1S/C13H25NO3/c1-4-7-13(2,12(15)16)10-14(3)9-11-6-5-8-17-11/h11H,4-10H2,1-3H3,(H,15,16). The zero-order valence-electron chi connectivity index (χ0n) is 11.2. The van der Waals surface area contributed by atoms with E-state index in [1.165, 1.54) is 0 Å². The highest BCUT2D eigenvalue weighted by molar-refractivity contribution is 5.74. The fourth-order valence-electron chi connectivity index (χ4n) is 2.60. The average Bonchev–Trinajstić information content (AvgIpc) is 2.70. The van der Waals surface area contributed by atoms with Crippen LogP contribution in [0.15, 0.2) is 0 Å². The van der Waals surface area contributed by atoms with E-state index in [-0.39, 0.29) is 0 Å². The third kappa shape index (κ3) is 4.28. The number of likely N-dealkylation sites (N-methyl/N-ethyl adjacent to an activating group) is 1. The third-order valence-electron chi connectivity index (χ3n) is 3.48. The summed E-state index contributed by atoms with van der Waals surface area (Å²) in [6, 6.07) is 0. The average molecular weight is 243 g/mol. The molecule has 4 nitrogen and oxygen atoms in total. The van der Waals surface area contributed by atoms with Crippen LogP contribution in [-0.4, -0.2) is 48.8 Å². The van der Waals surface area contributed by atoms with Crippen LogP contribution in [0, 0.1) is 5.41 Å². The first-order valence-corrected chi connectivity index (χ1v) is 6.51. The van der Waals surface area contributed by atoms with Crippen molar-refractivity contribution in [2.75, 3.05) is 26.7 Å². The predicted octanol–water partition coefficient (Wildman–Crippen LogP) is 1.99. The normalized spacial score (nSPS) is 23.9. The van der Waals surface area contributed by atoms with E-state index in [1.54, 1.807) is 0 Å². The van der Waals surface area contributed by atoms with Gasteiger partial charge < -0.3 is 14.7 Å². The largest absolute Gasteiger partial charge is 0.481 e. The zero-order valence-corrected chi connectivity index (χ0v) is 11.2. The van der Waals surface area contributed by atoms with Crippen molar-refractivity contribution in [1.82, 2.24) is 4.90 Å². The molecule has 2 unspecified atom stereocenters. The van der Waals surface area contributed by atoms with Crippen molar-refractivity contribution in [2.45, 2.75) is 45.6 Å². The summed E-state index contributed by atoms with van der Waals surface area (Å²) < 4.78 is 5.57. The molecule has 2 atom stereocenters. The van der Waals surface area contributed by atoms with Crippen molar-refractivity contribution in [1.29, 1.82) is 0 Å². The van der Waals surface area contributed by atoms with Crippen LogP contribution in [-0.2, 0) is 9.53 Å². The third-order valence-corrected chi connectivity index (χ3v) is 3.48. The topological polar surface area (TPSA) is 49.8 Å². The van der Waals surface area contributed by atoms with Crippen molar-refractivity contribution >= 4 is 5.97 Å². The second kappa shape index (κ2) is 6.36. The number of carbonyl (C=O) groups is 1. The minimum atomic E-state index is -0.696. The van der Waals surface area contributed by atoms with Gasteiger partial charge in [-0.15, -0.1) is 0 Å². The lowest BCUT2D eigenvalue weighted by Crippen LogP contribution is -2.42. The molecular weight excluding hydrogens is 218 g/mol. The maximum Gasteiger partial charge on any atom is 0.310 e. The molecule has 0 radical (unpaired) electrons. The van der Waals surface area contributed by atoms with E-state index in [0.717, 1.165) is 38.8 Å². The number of rotatable bonds is 7. The summed E-state index contributed by atoms with van der Waals surface area (Å²) in [5.41, 5.74) is -0.637. The molecule has 1 aliphatic rings. The van der Waals surface area contributed by atoms with Gasteiger partial charge in [-0.05, 0) is 33.2 Å². The van der Waals surface area contributed by atoms with Crippen LogP contribution in [0.5, 0.6) is 0 Å². The molecule has 0 spiro atoms. The van der Waals surface area contributed by atoms with Gasteiger partial charge in [0.15, 0.2) is 0 Å². The van der Waals surface area contributed by atoms with Crippen LogP contribution in [0.1, 0.15) is 39.5 Å². The van der Waals surface area contributed by atoms with Crippen molar-refractivity contribution in [2.24, 2.45) is 5.41 Å². The molecule has 0 aliphatic carbocycles. The summed E-state index contributed by atoms with van der Waals surface area (Å²) in [6.45, 7) is 6.15. The Balaban J connectivity index is 2.45. The van der Waals surface area contributed by atoms with Crippen LogP contribution < -0.4 is 0 Å². The molecule has 0 bridgehead atoms. The van der Waals surface area contributed by atoms with Crippen molar-refractivity contribution < 1.29 is 14.6 Å². The van der Waals surface area contributed by atoms with E-state index in [1.807, 2.05) is 20.9 Å². The van der Waals surface area contributed by atoms with Gasteiger partial charge in [-0.1, -0.05) is 13.3 Å². The molecule has 1 N–H and O–H groups in total. The van der Waals surface area contributed by atoms with E-state index in [0.29, 0.717) is 12.6 Å². The van der Waals surface area contributed by atoms with Crippen LogP contribution in [0.2, 0.25) is 0 Å². The van der Waals surface area contributed by atoms with Gasteiger partial charge in [0.1, 0.15) is 0 Å². The Labute approximate surface area is 104 Å². The summed E-state index contributed by atoms with van der Waals surface area (Å²) in [6.07, 6.45) is 4.14. The smallest absolute Gasteiger partial charge is 0.310 e. The number of hydrogen-bond donors (Lipinski definition) is 1. The summed E-state index contributed by atoms with van der Waals surface area (Å²) in [5.74, 6) is -0.696. The summed E-state index contributed by atoms with van der Waals surface area (Å²) >= 11 is 0. The van der Waals surface area contributed by atoms with Gasteiger partial charge in [0.25, 0.3) is 0 Å². The fraction of sp³-hybridized carbons (Fsp3) is 0.923. The molecular formula is C13H25NO3. The van der Waals surface area contributed by atoms with E-state index in [4.69, 9.17) is 4.74 Å². The molecule has 1 rings (SSSR count). The first-order chi connectivity index (χ1) is 7.98. The van der Waals surface area contributed by atoms with Crippen molar-refractivity contribution in [3.05, 3.63) is 0 Å². The van der Waals surface area contributed by atoms with Gasteiger partial charge in [-0.2, -0.15) is 0 Å². The molecule has 0 amide bonds. The van der Waals surface area contributed by atoms with Gasteiger partial charge in [-0.25, -0.2) is 0 Å². The Morgan fingerprint density at radius 1 is 1.59 bits per heavy atom. The molecule has 0 aromatic rings. The highest BCUT2D eigenvalue weighted by Crippen LogP contribution is 2.25. The first-order valence-electron chi connectivity index (χ1n) is 6.51. The number of ether oxygens (including phenoxy) is 1. The van der Waals surface area contributed by atoms with Crippen LogP contribution in [0.3, 0.4) is 0 Å². The number of nitrogens with zero attached hydrogens (tertiary/aromatic N) is 1. The minimum absolute atomic E-state index is 0.291. The monoisotopic (exact) mass is 243 g/mol. The first kappa shape index (κ1) is 14.5. The predicted molar refractivity (Wildman–Crippen MR) is 67.1 cm³/mol. The Morgan fingerprint density at radius 3 is 2.76 bits per heavy atom. The fourth-order valence-corrected chi connectivity index (χ4v) is 2.60. The molecule has 100 valence electrons. The van der Waals surface area contributed by atoms with E-state index in [9.17, 15) is 9.90 Å². The molecule has 1 fully saturated rings. The lowest BCUT2D eigenvalue weighted by molar-refractivity contribution is -0.149. The van der Waals surface area contributed by atoms with Gasteiger partial charge in [0, 0.05) is 19.7 Å². The van der Waals surface area contributed by atoms with E-state index >= 15 is 0 Å². The molecule has 17 heavy (non-hydrogen) atoms. The van der Waals surface area contributed by atoms with E-state index < -0.39 is 11.4 Å². The maximum absolute atomic E-state index is 11.3. The Kier molecular flexibility index (Phi) is 5.40. The second-order valence-corrected chi connectivity index (χ2v) is 5.45. The van der Waals surface area contributed by atoms with Gasteiger partial charge in [0.2, 0.25) is 0 Å². The van der Waals surface area contributed by atoms with Crippen LogP contribution >= 0.6 is 0 Å². The lowest BCUT2D eigenvalue weighted by Gasteiger charge is -2.31. The number of hydrogen-bond acceptors (Lipinski definition) is 3. The quantitative estimate of drug-likeness (QED) is 0.743. The Bertz CT molecular complexity index is 251. The molecule has 4 heteroatoms. The zero-order chi connectivity index (χ0) is 12.9. The minimum Gasteiger partial charge on any atom is -0.481 e. The summed E-state index contributed by atoms with van der Waals surface area (Å²) in [4.78, 5) is 13.4. The second-order valence-electron chi connectivity index (χ2n) is 5.45. The molecule has 0 aromatic heterocycles.